The summed E-state index contributed by atoms with van der Waals surface area (Å²) in [6, 6.07) is 13.6. The molecule has 0 aliphatic carbocycles. The molecule has 2 aromatic carbocycles. The number of methoxy groups -OCH3 is 1. The lowest BCUT2D eigenvalue weighted by molar-refractivity contribution is -0.140. The van der Waals surface area contributed by atoms with E-state index < -0.39 is 10.0 Å². The van der Waals surface area contributed by atoms with Gasteiger partial charge in [-0.15, -0.1) is 0 Å². The molecular formula is C19H18FN3O4S. The summed E-state index contributed by atoms with van der Waals surface area (Å²) < 4.78 is 42.5. The molecule has 0 fully saturated rings. The summed E-state index contributed by atoms with van der Waals surface area (Å²) >= 11 is 0. The topological polar surface area (TPSA) is 104 Å². The van der Waals surface area contributed by atoms with Crippen LogP contribution in [0.3, 0.4) is 0 Å². The molecule has 0 atom stereocenters. The normalized spacial score (nSPS) is 11.4. The molecule has 146 valence electrons. The van der Waals surface area contributed by atoms with Crippen molar-refractivity contribution >= 4 is 16.0 Å². The van der Waals surface area contributed by atoms with E-state index in [1.165, 1.54) is 31.4 Å². The van der Waals surface area contributed by atoms with Crippen molar-refractivity contribution in [3.63, 3.8) is 0 Å². The van der Waals surface area contributed by atoms with Gasteiger partial charge >= 0.3 is 5.97 Å². The summed E-state index contributed by atoms with van der Waals surface area (Å²) in [5, 5.41) is 9.65. The Bertz CT molecular complexity index is 1090. The standard InChI is InChI=1S/C19H18FN3O4S/c1-27-19(24)11-6-15-12-18(13-2-4-14(20)5-3-13)23(22-15)16-7-9-17(10-8-16)28(21,25)26/h2-5,7-10,12H,6,11H2,1H3,(H2,21,25,26). The van der Waals surface area contributed by atoms with Gasteiger partial charge in [0.05, 0.1) is 35.5 Å². The number of esters is 1. The lowest BCUT2D eigenvalue weighted by Crippen LogP contribution is -2.12. The van der Waals surface area contributed by atoms with Gasteiger partial charge in [0.15, 0.2) is 0 Å². The molecule has 0 saturated heterocycles. The van der Waals surface area contributed by atoms with Crippen LogP contribution in [0.5, 0.6) is 0 Å². The fourth-order valence-corrected chi connectivity index (χ4v) is 3.20. The van der Waals surface area contributed by atoms with Crippen molar-refractivity contribution in [3.05, 3.63) is 66.1 Å². The number of carbonyl (C=O) groups excluding carboxylic acids is 1. The van der Waals surface area contributed by atoms with E-state index >= 15 is 0 Å². The molecule has 3 aromatic rings. The molecule has 2 N–H and O–H groups in total. The van der Waals surface area contributed by atoms with E-state index in [0.29, 0.717) is 29.1 Å². The maximum absolute atomic E-state index is 13.3. The second kappa shape index (κ2) is 7.91. The number of rotatable bonds is 6. The number of ether oxygens (including phenoxy) is 1. The van der Waals surface area contributed by atoms with Gasteiger partial charge in [0.1, 0.15) is 5.82 Å². The predicted octanol–water partition coefficient (Wildman–Crippen LogP) is 2.43. The quantitative estimate of drug-likeness (QED) is 0.637. The van der Waals surface area contributed by atoms with Crippen molar-refractivity contribution in [3.8, 4) is 16.9 Å². The van der Waals surface area contributed by atoms with Crippen molar-refractivity contribution in [2.24, 2.45) is 5.14 Å². The average Bonchev–Trinajstić information content (AvgIpc) is 3.10. The summed E-state index contributed by atoms with van der Waals surface area (Å²) in [5.74, 6) is -0.714. The first-order valence-corrected chi connectivity index (χ1v) is 9.87. The van der Waals surface area contributed by atoms with E-state index in [9.17, 15) is 17.6 Å². The highest BCUT2D eigenvalue weighted by molar-refractivity contribution is 7.89. The van der Waals surface area contributed by atoms with Crippen LogP contribution < -0.4 is 5.14 Å². The molecule has 3 rings (SSSR count). The van der Waals surface area contributed by atoms with E-state index in [-0.39, 0.29) is 23.1 Å². The van der Waals surface area contributed by atoms with E-state index in [1.807, 2.05) is 0 Å². The van der Waals surface area contributed by atoms with Gasteiger partial charge in [0, 0.05) is 12.0 Å². The number of halogens is 1. The molecule has 0 spiro atoms. The molecule has 0 bridgehead atoms. The molecule has 0 radical (unpaired) electrons. The summed E-state index contributed by atoms with van der Waals surface area (Å²) in [6.07, 6.45) is 0.532. The Hall–Kier alpha value is -3.04. The largest absolute Gasteiger partial charge is 0.469 e. The molecule has 0 saturated carbocycles. The molecule has 1 heterocycles. The fraction of sp³-hybridized carbons (Fsp3) is 0.158. The average molecular weight is 403 g/mol. The van der Waals surface area contributed by atoms with E-state index in [1.54, 1.807) is 35.0 Å². The van der Waals surface area contributed by atoms with E-state index in [2.05, 4.69) is 9.84 Å². The van der Waals surface area contributed by atoms with Crippen LogP contribution in [0.15, 0.2) is 59.5 Å². The first kappa shape index (κ1) is 19.7. The van der Waals surface area contributed by atoms with Crippen LogP contribution in [0.2, 0.25) is 0 Å². The lowest BCUT2D eigenvalue weighted by Gasteiger charge is -2.08. The van der Waals surface area contributed by atoms with Crippen LogP contribution in [-0.4, -0.2) is 31.3 Å². The van der Waals surface area contributed by atoms with Gasteiger partial charge in [-0.3, -0.25) is 4.79 Å². The number of sulfonamides is 1. The Labute approximate surface area is 161 Å². The molecule has 0 aliphatic rings. The minimum absolute atomic E-state index is 0.0161. The third kappa shape index (κ3) is 4.44. The molecule has 0 unspecified atom stereocenters. The monoisotopic (exact) mass is 403 g/mol. The number of aromatic nitrogens is 2. The van der Waals surface area contributed by atoms with Gasteiger partial charge < -0.3 is 4.74 Å². The maximum atomic E-state index is 13.3. The second-order valence-electron chi connectivity index (χ2n) is 6.05. The van der Waals surface area contributed by atoms with Gasteiger partial charge in [-0.05, 0) is 54.6 Å². The van der Waals surface area contributed by atoms with Crippen LogP contribution in [-0.2, 0) is 26.0 Å². The Morgan fingerprint density at radius 3 is 2.36 bits per heavy atom. The summed E-state index contributed by atoms with van der Waals surface area (Å²) in [4.78, 5) is 11.4. The van der Waals surface area contributed by atoms with Crippen LogP contribution in [0.4, 0.5) is 4.39 Å². The summed E-state index contributed by atoms with van der Waals surface area (Å²) in [5.41, 5.74) is 2.62. The first-order valence-electron chi connectivity index (χ1n) is 8.33. The first-order chi connectivity index (χ1) is 13.3. The van der Waals surface area contributed by atoms with E-state index in [0.717, 1.165) is 0 Å². The van der Waals surface area contributed by atoms with Crippen molar-refractivity contribution in [2.75, 3.05) is 7.11 Å². The minimum atomic E-state index is -3.81. The zero-order valence-corrected chi connectivity index (χ0v) is 15.8. The molecule has 0 aliphatic heterocycles. The highest BCUT2D eigenvalue weighted by Gasteiger charge is 2.14. The lowest BCUT2D eigenvalue weighted by atomic mass is 10.1. The van der Waals surface area contributed by atoms with Crippen molar-refractivity contribution < 1.29 is 22.3 Å². The van der Waals surface area contributed by atoms with Crippen LogP contribution in [0.1, 0.15) is 12.1 Å². The highest BCUT2D eigenvalue weighted by atomic mass is 32.2. The zero-order chi connectivity index (χ0) is 20.3. The number of hydrogen-bond acceptors (Lipinski definition) is 5. The second-order valence-corrected chi connectivity index (χ2v) is 7.62. The predicted molar refractivity (Wildman–Crippen MR) is 101 cm³/mol. The number of carbonyl (C=O) groups is 1. The Kier molecular flexibility index (Phi) is 5.57. The molecule has 9 heteroatoms. The summed E-state index contributed by atoms with van der Waals surface area (Å²) in [7, 11) is -2.49. The Balaban J connectivity index is 2.03. The van der Waals surface area contributed by atoms with E-state index in [4.69, 9.17) is 5.14 Å². The van der Waals surface area contributed by atoms with Gasteiger partial charge in [0.25, 0.3) is 0 Å². The van der Waals surface area contributed by atoms with Crippen LogP contribution in [0, 0.1) is 5.82 Å². The number of nitrogens with zero attached hydrogens (tertiary/aromatic N) is 2. The maximum Gasteiger partial charge on any atom is 0.305 e. The van der Waals surface area contributed by atoms with Crippen molar-refractivity contribution in [1.82, 2.24) is 9.78 Å². The van der Waals surface area contributed by atoms with Gasteiger partial charge in [0.2, 0.25) is 10.0 Å². The molecule has 28 heavy (non-hydrogen) atoms. The SMILES string of the molecule is COC(=O)CCc1cc(-c2ccc(F)cc2)n(-c2ccc(S(N)(=O)=O)cc2)n1. The minimum Gasteiger partial charge on any atom is -0.469 e. The van der Waals surface area contributed by atoms with Crippen LogP contribution in [0.25, 0.3) is 16.9 Å². The Morgan fingerprint density at radius 2 is 1.79 bits per heavy atom. The summed E-state index contributed by atoms with van der Waals surface area (Å²) in [6.45, 7) is 0. The molecular weight excluding hydrogens is 385 g/mol. The molecule has 1 aromatic heterocycles. The number of benzene rings is 2. The number of nitrogens with two attached hydrogens (primary N) is 1. The van der Waals surface area contributed by atoms with Gasteiger partial charge in [-0.25, -0.2) is 22.6 Å². The molecule has 7 nitrogen and oxygen atoms in total. The van der Waals surface area contributed by atoms with Crippen LogP contribution >= 0.6 is 0 Å². The third-order valence-electron chi connectivity index (χ3n) is 4.12. The molecule has 0 amide bonds. The Morgan fingerprint density at radius 1 is 1.14 bits per heavy atom. The number of hydrogen-bond donors (Lipinski definition) is 1. The van der Waals surface area contributed by atoms with Crippen molar-refractivity contribution in [1.29, 1.82) is 0 Å². The smallest absolute Gasteiger partial charge is 0.305 e. The zero-order valence-electron chi connectivity index (χ0n) is 15.0. The number of primary sulfonamides is 1. The van der Waals surface area contributed by atoms with Gasteiger partial charge in [-0.1, -0.05) is 0 Å². The third-order valence-corrected chi connectivity index (χ3v) is 5.05. The van der Waals surface area contributed by atoms with Crippen molar-refractivity contribution in [2.45, 2.75) is 17.7 Å². The highest BCUT2D eigenvalue weighted by Crippen LogP contribution is 2.25. The fourth-order valence-electron chi connectivity index (χ4n) is 2.68. The number of aryl methyl sites for hydroxylation is 1. The van der Waals surface area contributed by atoms with Gasteiger partial charge in [-0.2, -0.15) is 5.10 Å².